The zero-order chi connectivity index (χ0) is 13.2. The molecule has 98 valence electrons. The topological polar surface area (TPSA) is 26.3 Å². The lowest BCUT2D eigenvalue weighted by Crippen LogP contribution is -2.27. The van der Waals surface area contributed by atoms with E-state index in [0.717, 1.165) is 36.1 Å². The molecule has 2 rings (SSSR count). The van der Waals surface area contributed by atoms with Gasteiger partial charge in [-0.25, -0.2) is 0 Å². The fraction of sp³-hybridized carbons (Fsp3) is 0.562. The quantitative estimate of drug-likeness (QED) is 0.746. The van der Waals surface area contributed by atoms with Crippen molar-refractivity contribution in [2.45, 2.75) is 46.0 Å². The predicted octanol–water partition coefficient (Wildman–Crippen LogP) is 4.16. The van der Waals surface area contributed by atoms with Gasteiger partial charge in [-0.1, -0.05) is 19.8 Å². The number of ketones is 1. The van der Waals surface area contributed by atoms with Gasteiger partial charge in [0, 0.05) is 11.0 Å². The van der Waals surface area contributed by atoms with Crippen LogP contribution in [0.15, 0.2) is 18.2 Å². The smallest absolute Gasteiger partial charge is 0.169 e. The molecule has 0 heterocycles. The first-order valence-corrected chi connectivity index (χ1v) is 6.82. The average Bonchev–Trinajstić information content (AvgIpc) is 2.87. The van der Waals surface area contributed by atoms with Crippen molar-refractivity contribution in [1.29, 1.82) is 0 Å². The van der Waals surface area contributed by atoms with E-state index in [4.69, 9.17) is 4.74 Å². The van der Waals surface area contributed by atoms with E-state index >= 15 is 0 Å². The molecule has 1 saturated carbocycles. The van der Waals surface area contributed by atoms with Gasteiger partial charge < -0.3 is 4.74 Å². The van der Waals surface area contributed by atoms with Gasteiger partial charge in [-0.3, -0.25) is 4.79 Å². The second-order valence-corrected chi connectivity index (χ2v) is 5.35. The molecule has 1 aromatic rings. The number of carbonyl (C=O) groups is 1. The largest absolute Gasteiger partial charge is 0.497 e. The van der Waals surface area contributed by atoms with Crippen LogP contribution in [0.1, 0.15) is 54.9 Å². The van der Waals surface area contributed by atoms with E-state index in [1.165, 1.54) is 12.8 Å². The molecule has 0 aromatic heterocycles. The SMILES string of the molecule is CCC1(C(=O)c2ccc(OC)cc2C)CCCC1. The van der Waals surface area contributed by atoms with Crippen LogP contribution < -0.4 is 4.74 Å². The molecule has 0 amide bonds. The Bertz CT molecular complexity index is 442. The van der Waals surface area contributed by atoms with Gasteiger partial charge in [0.05, 0.1) is 7.11 Å². The number of benzene rings is 1. The number of aryl methyl sites for hydroxylation is 1. The molecule has 0 radical (unpaired) electrons. The van der Waals surface area contributed by atoms with E-state index in [1.807, 2.05) is 25.1 Å². The number of ether oxygens (including phenoxy) is 1. The Morgan fingerprint density at radius 2 is 2.00 bits per heavy atom. The predicted molar refractivity (Wildman–Crippen MR) is 73.3 cm³/mol. The van der Waals surface area contributed by atoms with Gasteiger partial charge in [-0.2, -0.15) is 0 Å². The minimum absolute atomic E-state index is 0.0979. The van der Waals surface area contributed by atoms with Crippen molar-refractivity contribution in [2.24, 2.45) is 5.41 Å². The first-order valence-electron chi connectivity index (χ1n) is 6.82. The normalized spacial score (nSPS) is 17.7. The molecule has 2 heteroatoms. The van der Waals surface area contributed by atoms with Crippen LogP contribution in [0.25, 0.3) is 0 Å². The first-order chi connectivity index (χ1) is 8.63. The van der Waals surface area contributed by atoms with E-state index in [-0.39, 0.29) is 5.41 Å². The van der Waals surface area contributed by atoms with Crippen molar-refractivity contribution in [3.8, 4) is 5.75 Å². The fourth-order valence-electron chi connectivity index (χ4n) is 3.10. The van der Waals surface area contributed by atoms with Crippen molar-refractivity contribution < 1.29 is 9.53 Å². The van der Waals surface area contributed by atoms with E-state index in [1.54, 1.807) is 7.11 Å². The van der Waals surface area contributed by atoms with Crippen LogP contribution in [0.2, 0.25) is 0 Å². The molecule has 1 aliphatic rings. The molecule has 1 aromatic carbocycles. The molecule has 0 aliphatic heterocycles. The molecule has 18 heavy (non-hydrogen) atoms. The Labute approximate surface area is 109 Å². The lowest BCUT2D eigenvalue weighted by Gasteiger charge is -2.26. The van der Waals surface area contributed by atoms with Gasteiger partial charge in [0.2, 0.25) is 0 Å². The highest BCUT2D eigenvalue weighted by atomic mass is 16.5. The fourth-order valence-corrected chi connectivity index (χ4v) is 3.10. The Morgan fingerprint density at radius 1 is 1.33 bits per heavy atom. The van der Waals surface area contributed by atoms with Crippen molar-refractivity contribution in [1.82, 2.24) is 0 Å². The zero-order valence-electron chi connectivity index (χ0n) is 11.6. The van der Waals surface area contributed by atoms with Gasteiger partial charge in [0.15, 0.2) is 5.78 Å². The monoisotopic (exact) mass is 246 g/mol. The van der Waals surface area contributed by atoms with Gasteiger partial charge >= 0.3 is 0 Å². The van der Waals surface area contributed by atoms with E-state index < -0.39 is 0 Å². The summed E-state index contributed by atoms with van der Waals surface area (Å²) in [5.74, 6) is 1.16. The highest BCUT2D eigenvalue weighted by Crippen LogP contribution is 2.44. The number of rotatable bonds is 4. The number of Topliss-reactive ketones (excluding diaryl/α,β-unsaturated/α-hetero) is 1. The lowest BCUT2D eigenvalue weighted by molar-refractivity contribution is 0.0790. The van der Waals surface area contributed by atoms with E-state index in [0.29, 0.717) is 5.78 Å². The molecule has 2 nitrogen and oxygen atoms in total. The van der Waals surface area contributed by atoms with Crippen LogP contribution in [-0.2, 0) is 0 Å². The van der Waals surface area contributed by atoms with Gasteiger partial charge in [-0.15, -0.1) is 0 Å². The summed E-state index contributed by atoms with van der Waals surface area (Å²) in [5.41, 5.74) is 1.80. The summed E-state index contributed by atoms with van der Waals surface area (Å²) >= 11 is 0. The zero-order valence-corrected chi connectivity index (χ0v) is 11.6. The molecule has 0 atom stereocenters. The molecule has 0 bridgehead atoms. The Kier molecular flexibility index (Phi) is 3.74. The molecular weight excluding hydrogens is 224 g/mol. The van der Waals surface area contributed by atoms with Crippen LogP contribution in [-0.4, -0.2) is 12.9 Å². The minimum atomic E-state index is -0.0979. The van der Waals surface area contributed by atoms with E-state index in [9.17, 15) is 4.79 Å². The third-order valence-corrected chi connectivity index (χ3v) is 4.40. The summed E-state index contributed by atoms with van der Waals surface area (Å²) < 4.78 is 5.20. The van der Waals surface area contributed by atoms with Crippen molar-refractivity contribution in [3.63, 3.8) is 0 Å². The van der Waals surface area contributed by atoms with E-state index in [2.05, 4.69) is 6.92 Å². The lowest BCUT2D eigenvalue weighted by atomic mass is 9.76. The van der Waals surface area contributed by atoms with Crippen molar-refractivity contribution in [3.05, 3.63) is 29.3 Å². The highest BCUT2D eigenvalue weighted by Gasteiger charge is 2.39. The number of methoxy groups -OCH3 is 1. The summed E-state index contributed by atoms with van der Waals surface area (Å²) in [5, 5.41) is 0. The van der Waals surface area contributed by atoms with Gasteiger partial charge in [0.1, 0.15) is 5.75 Å². The average molecular weight is 246 g/mol. The first kappa shape index (κ1) is 13.1. The molecule has 0 spiro atoms. The van der Waals surface area contributed by atoms with Crippen LogP contribution in [0, 0.1) is 12.3 Å². The Morgan fingerprint density at radius 3 is 2.50 bits per heavy atom. The second-order valence-electron chi connectivity index (χ2n) is 5.35. The molecule has 0 unspecified atom stereocenters. The maximum Gasteiger partial charge on any atom is 0.169 e. The molecule has 0 saturated heterocycles. The number of hydrogen-bond donors (Lipinski definition) is 0. The third kappa shape index (κ3) is 2.16. The maximum atomic E-state index is 12.8. The van der Waals surface area contributed by atoms with Crippen molar-refractivity contribution in [2.75, 3.05) is 7.11 Å². The third-order valence-electron chi connectivity index (χ3n) is 4.40. The van der Waals surface area contributed by atoms with Gasteiger partial charge in [0.25, 0.3) is 0 Å². The molecular formula is C16H22O2. The maximum absolute atomic E-state index is 12.8. The van der Waals surface area contributed by atoms with Crippen LogP contribution in [0.3, 0.4) is 0 Å². The Hall–Kier alpha value is -1.31. The van der Waals surface area contributed by atoms with Crippen LogP contribution in [0.5, 0.6) is 5.75 Å². The van der Waals surface area contributed by atoms with Gasteiger partial charge in [-0.05, 0) is 49.9 Å². The van der Waals surface area contributed by atoms with Crippen molar-refractivity contribution >= 4 is 5.78 Å². The van der Waals surface area contributed by atoms with Crippen LogP contribution in [0.4, 0.5) is 0 Å². The van der Waals surface area contributed by atoms with Crippen LogP contribution >= 0.6 is 0 Å². The highest BCUT2D eigenvalue weighted by molar-refractivity contribution is 6.02. The molecule has 0 N–H and O–H groups in total. The summed E-state index contributed by atoms with van der Waals surface area (Å²) in [6, 6.07) is 5.76. The summed E-state index contributed by atoms with van der Waals surface area (Å²) in [6.45, 7) is 4.14. The molecule has 1 fully saturated rings. The number of hydrogen-bond acceptors (Lipinski definition) is 2. The second kappa shape index (κ2) is 5.13. The summed E-state index contributed by atoms with van der Waals surface area (Å²) in [4.78, 5) is 12.8. The molecule has 1 aliphatic carbocycles. The minimum Gasteiger partial charge on any atom is -0.497 e. The summed E-state index contributed by atoms with van der Waals surface area (Å²) in [7, 11) is 1.65. The number of carbonyl (C=O) groups excluding carboxylic acids is 1. The Balaban J connectivity index is 2.33. The summed E-state index contributed by atoms with van der Waals surface area (Å²) in [6.07, 6.45) is 5.43. The standard InChI is InChI=1S/C16H22O2/c1-4-16(9-5-6-10-16)15(17)14-8-7-13(18-3)11-12(14)2/h7-8,11H,4-6,9-10H2,1-3H3.